The molecule has 3 atom stereocenters. The Bertz CT molecular complexity index is 644. The van der Waals surface area contributed by atoms with Gasteiger partial charge in [-0.25, -0.2) is 4.79 Å². The van der Waals surface area contributed by atoms with Gasteiger partial charge in [0, 0.05) is 5.69 Å². The van der Waals surface area contributed by atoms with Gasteiger partial charge in [-0.15, -0.1) is 0 Å². The van der Waals surface area contributed by atoms with E-state index in [9.17, 15) is 23.1 Å². The summed E-state index contributed by atoms with van der Waals surface area (Å²) in [5, 5.41) is 18.3. The van der Waals surface area contributed by atoms with Crippen molar-refractivity contribution >= 4 is 23.4 Å². The fraction of sp³-hybridized carbons (Fsp3) is 0.385. The summed E-state index contributed by atoms with van der Waals surface area (Å²) in [6.07, 6.45) is -9.88. The molecule has 5 nitrogen and oxygen atoms in total. The number of cyclic esters (lactones) is 1. The first-order chi connectivity index (χ1) is 10.2. The maximum Gasteiger partial charge on any atom is 0.416 e. The normalized spacial score (nSPS) is 23.1. The van der Waals surface area contributed by atoms with Crippen molar-refractivity contribution < 1.29 is 27.8 Å². The second-order valence-corrected chi connectivity index (χ2v) is 5.12. The molecule has 1 aliphatic heterocycles. The van der Waals surface area contributed by atoms with Gasteiger partial charge in [0.1, 0.15) is 18.2 Å². The van der Waals surface area contributed by atoms with Crippen molar-refractivity contribution in [3.8, 4) is 6.07 Å². The molecule has 1 N–H and O–H groups in total. The summed E-state index contributed by atoms with van der Waals surface area (Å²) in [6, 6.07) is 3.86. The highest BCUT2D eigenvalue weighted by Crippen LogP contribution is 2.35. The standard InChI is InChI=1S/C13H10ClF3N2O3/c1-6-10(11(20)13(15,16)17)19(12(21)22-6)8-3-2-7(5-18)9(14)4-8/h2-4,6,10-11,20H,1H3/t6-,10+,11-/m0/s1. The Morgan fingerprint density at radius 1 is 1.50 bits per heavy atom. The van der Waals surface area contributed by atoms with Gasteiger partial charge in [0.25, 0.3) is 0 Å². The van der Waals surface area contributed by atoms with Gasteiger partial charge in [0.15, 0.2) is 6.10 Å². The first-order valence-electron chi connectivity index (χ1n) is 6.11. The Balaban J connectivity index is 2.44. The van der Waals surface area contributed by atoms with E-state index >= 15 is 0 Å². The number of aliphatic hydroxyl groups is 1. The summed E-state index contributed by atoms with van der Waals surface area (Å²) in [5.74, 6) is 0. The van der Waals surface area contributed by atoms with Gasteiger partial charge in [-0.05, 0) is 25.1 Å². The number of ether oxygens (including phenoxy) is 1. The van der Waals surface area contributed by atoms with Crippen LogP contribution in [-0.2, 0) is 4.74 Å². The first kappa shape index (κ1) is 16.4. The van der Waals surface area contributed by atoms with E-state index in [2.05, 4.69) is 0 Å². The number of benzene rings is 1. The zero-order valence-electron chi connectivity index (χ0n) is 11.1. The summed E-state index contributed by atoms with van der Waals surface area (Å²) in [7, 11) is 0. The van der Waals surface area contributed by atoms with Crippen LogP contribution in [0.25, 0.3) is 0 Å². The fourth-order valence-electron chi connectivity index (χ4n) is 2.23. The molecule has 0 spiro atoms. The molecule has 2 rings (SSSR count). The SMILES string of the molecule is C[C@@H]1OC(=O)N(c2ccc(C#N)c(Cl)c2)[C@H]1[C@H](O)C(F)(F)F. The minimum atomic E-state index is -4.92. The van der Waals surface area contributed by atoms with E-state index in [1.165, 1.54) is 25.1 Å². The van der Waals surface area contributed by atoms with Crippen LogP contribution in [0.4, 0.5) is 23.7 Å². The highest BCUT2D eigenvalue weighted by atomic mass is 35.5. The predicted octanol–water partition coefficient (Wildman–Crippen LogP) is 2.85. The van der Waals surface area contributed by atoms with Gasteiger partial charge in [-0.3, -0.25) is 4.90 Å². The van der Waals surface area contributed by atoms with E-state index in [0.29, 0.717) is 4.90 Å². The zero-order chi connectivity index (χ0) is 16.7. The Hall–Kier alpha value is -1.98. The molecule has 0 aliphatic carbocycles. The molecule has 0 unspecified atom stereocenters. The maximum atomic E-state index is 12.8. The van der Waals surface area contributed by atoms with Crippen molar-refractivity contribution in [2.24, 2.45) is 0 Å². The van der Waals surface area contributed by atoms with Gasteiger partial charge < -0.3 is 9.84 Å². The molecule has 0 bridgehead atoms. The lowest BCUT2D eigenvalue weighted by atomic mass is 10.0. The van der Waals surface area contributed by atoms with Crippen LogP contribution in [0, 0.1) is 11.3 Å². The minimum Gasteiger partial charge on any atom is -0.444 e. The molecule has 9 heteroatoms. The number of alkyl halides is 3. The molecule has 1 saturated heterocycles. The lowest BCUT2D eigenvalue weighted by molar-refractivity contribution is -0.212. The highest BCUT2D eigenvalue weighted by Gasteiger charge is 2.54. The van der Waals surface area contributed by atoms with E-state index in [-0.39, 0.29) is 16.3 Å². The van der Waals surface area contributed by atoms with Gasteiger partial charge in [-0.1, -0.05) is 11.6 Å². The second kappa shape index (κ2) is 5.66. The molecular formula is C13H10ClF3N2O3. The third kappa shape index (κ3) is 2.82. The van der Waals surface area contributed by atoms with Crippen LogP contribution < -0.4 is 4.90 Å². The van der Waals surface area contributed by atoms with Crippen LogP contribution >= 0.6 is 11.6 Å². The van der Waals surface area contributed by atoms with Crippen LogP contribution in [0.1, 0.15) is 12.5 Å². The van der Waals surface area contributed by atoms with E-state index < -0.39 is 30.5 Å². The van der Waals surface area contributed by atoms with E-state index in [1.54, 1.807) is 6.07 Å². The number of nitriles is 1. The molecule has 1 aromatic carbocycles. The molecule has 1 fully saturated rings. The molecule has 1 heterocycles. The van der Waals surface area contributed by atoms with Crippen LogP contribution in [-0.4, -0.2) is 35.6 Å². The zero-order valence-corrected chi connectivity index (χ0v) is 11.9. The molecule has 1 aromatic rings. The number of hydrogen-bond donors (Lipinski definition) is 1. The van der Waals surface area contributed by atoms with Crippen molar-refractivity contribution in [3.05, 3.63) is 28.8 Å². The van der Waals surface area contributed by atoms with E-state index in [1.807, 2.05) is 0 Å². The number of carbonyl (C=O) groups is 1. The summed E-state index contributed by atoms with van der Waals surface area (Å²) >= 11 is 5.82. The third-order valence-electron chi connectivity index (χ3n) is 3.27. The fourth-order valence-corrected chi connectivity index (χ4v) is 2.45. The minimum absolute atomic E-state index is 0.00616. The van der Waals surface area contributed by atoms with Gasteiger partial charge in [0.2, 0.25) is 0 Å². The van der Waals surface area contributed by atoms with Crippen LogP contribution in [0.3, 0.4) is 0 Å². The van der Waals surface area contributed by atoms with E-state index in [0.717, 1.165) is 0 Å². The highest BCUT2D eigenvalue weighted by molar-refractivity contribution is 6.32. The molecule has 0 saturated carbocycles. The largest absolute Gasteiger partial charge is 0.444 e. The quantitative estimate of drug-likeness (QED) is 0.902. The number of anilines is 1. The average Bonchev–Trinajstić information content (AvgIpc) is 2.71. The van der Waals surface area contributed by atoms with Gasteiger partial charge >= 0.3 is 12.3 Å². The average molecular weight is 335 g/mol. The summed E-state index contributed by atoms with van der Waals surface area (Å²) in [6.45, 7) is 1.25. The predicted molar refractivity (Wildman–Crippen MR) is 70.4 cm³/mol. The smallest absolute Gasteiger partial charge is 0.416 e. The van der Waals surface area contributed by atoms with Gasteiger partial charge in [-0.2, -0.15) is 18.4 Å². The molecule has 0 radical (unpaired) electrons. The number of amides is 1. The van der Waals surface area contributed by atoms with Crippen molar-refractivity contribution in [2.45, 2.75) is 31.3 Å². The summed E-state index contributed by atoms with van der Waals surface area (Å²) in [4.78, 5) is 12.5. The van der Waals surface area contributed by atoms with Crippen molar-refractivity contribution in [3.63, 3.8) is 0 Å². The molecule has 0 aromatic heterocycles. The maximum absolute atomic E-state index is 12.8. The lowest BCUT2D eigenvalue weighted by Gasteiger charge is -2.29. The topological polar surface area (TPSA) is 73.6 Å². The Kier molecular flexibility index (Phi) is 4.22. The molecular weight excluding hydrogens is 325 g/mol. The Labute approximate surface area is 128 Å². The number of rotatable bonds is 2. The molecule has 1 amide bonds. The summed E-state index contributed by atoms with van der Waals surface area (Å²) in [5.41, 5.74) is 0.116. The first-order valence-corrected chi connectivity index (χ1v) is 6.49. The number of halogens is 4. The van der Waals surface area contributed by atoms with Gasteiger partial charge in [0.05, 0.1) is 10.6 Å². The second-order valence-electron chi connectivity index (χ2n) is 4.71. The Morgan fingerprint density at radius 2 is 2.14 bits per heavy atom. The van der Waals surface area contributed by atoms with Crippen molar-refractivity contribution in [1.82, 2.24) is 0 Å². The monoisotopic (exact) mass is 334 g/mol. The number of hydrogen-bond acceptors (Lipinski definition) is 4. The molecule has 118 valence electrons. The van der Waals surface area contributed by atoms with Crippen LogP contribution in [0.2, 0.25) is 5.02 Å². The van der Waals surface area contributed by atoms with Crippen LogP contribution in [0.15, 0.2) is 18.2 Å². The number of aliphatic hydroxyl groups excluding tert-OH is 1. The van der Waals surface area contributed by atoms with E-state index in [4.69, 9.17) is 21.6 Å². The van der Waals surface area contributed by atoms with Crippen LogP contribution in [0.5, 0.6) is 0 Å². The number of carbonyl (C=O) groups excluding carboxylic acids is 1. The molecule has 22 heavy (non-hydrogen) atoms. The lowest BCUT2D eigenvalue weighted by Crippen LogP contribution is -2.51. The van der Waals surface area contributed by atoms with Crippen molar-refractivity contribution in [2.75, 3.05) is 4.90 Å². The third-order valence-corrected chi connectivity index (χ3v) is 3.59. The number of nitrogens with zero attached hydrogens (tertiary/aromatic N) is 2. The Morgan fingerprint density at radius 3 is 2.64 bits per heavy atom. The van der Waals surface area contributed by atoms with Crippen molar-refractivity contribution in [1.29, 1.82) is 5.26 Å². The summed E-state index contributed by atoms with van der Waals surface area (Å²) < 4.78 is 43.1. The molecule has 1 aliphatic rings.